The van der Waals surface area contributed by atoms with Crippen molar-refractivity contribution in [1.82, 2.24) is 0 Å². The molecular weight excluding hydrogens is 952 g/mol. The number of ether oxygens (including phenoxy) is 3. The van der Waals surface area contributed by atoms with Crippen molar-refractivity contribution in [3.05, 3.63) is 0 Å². The molecule has 0 saturated carbocycles. The van der Waals surface area contributed by atoms with E-state index in [0.717, 1.165) is 57.8 Å². The Labute approximate surface area is 456 Å². The van der Waals surface area contributed by atoms with Crippen LogP contribution in [0.4, 0.5) is 0 Å². The lowest BCUT2D eigenvalue weighted by atomic mass is 10.0. The Balaban J connectivity index is 4.63. The predicted molar refractivity (Wildman–Crippen MR) is 307 cm³/mol. The molecule has 0 aromatic carbocycles. The summed E-state index contributed by atoms with van der Waals surface area (Å²) in [6.45, 7) is 4.74. The molecular formula is C62H121O11P. The van der Waals surface area contributed by atoms with Crippen LogP contribution in [0, 0.1) is 0 Å². The third-order valence-corrected chi connectivity index (χ3v) is 15.5. The number of hydrogen-bond acceptors (Lipinski definition) is 10. The first-order chi connectivity index (χ1) is 36.2. The fraction of sp³-hybridized carbons (Fsp3) is 0.952. The lowest BCUT2D eigenvalue weighted by molar-refractivity contribution is -0.161. The lowest BCUT2D eigenvalue weighted by Gasteiger charge is -2.21. The van der Waals surface area contributed by atoms with Crippen LogP contribution in [0.5, 0.6) is 0 Å². The van der Waals surface area contributed by atoms with Gasteiger partial charge in [-0.2, -0.15) is 0 Å². The smallest absolute Gasteiger partial charge is 0.462 e. The van der Waals surface area contributed by atoms with Crippen molar-refractivity contribution >= 4 is 25.7 Å². The average molecular weight is 1070 g/mol. The number of phosphoric acid groups is 1. The summed E-state index contributed by atoms with van der Waals surface area (Å²) in [5.41, 5.74) is 0. The predicted octanol–water partition coefficient (Wildman–Crippen LogP) is 19.0. The van der Waals surface area contributed by atoms with E-state index in [4.69, 9.17) is 23.3 Å². The lowest BCUT2D eigenvalue weighted by Crippen LogP contribution is -2.30. The minimum Gasteiger partial charge on any atom is -0.462 e. The van der Waals surface area contributed by atoms with E-state index < -0.39 is 57.8 Å². The molecule has 0 aromatic rings. The first-order valence-corrected chi connectivity index (χ1v) is 33.4. The molecule has 0 spiro atoms. The van der Waals surface area contributed by atoms with Gasteiger partial charge in [-0.3, -0.25) is 23.4 Å². The largest absolute Gasteiger partial charge is 0.472 e. The van der Waals surface area contributed by atoms with Crippen molar-refractivity contribution in [3.8, 4) is 0 Å². The quantitative estimate of drug-likeness (QED) is 0.0259. The third kappa shape index (κ3) is 55.2. The van der Waals surface area contributed by atoms with Crippen molar-refractivity contribution in [1.29, 1.82) is 0 Å². The van der Waals surface area contributed by atoms with Crippen molar-refractivity contribution < 1.29 is 52.2 Å². The summed E-state index contributed by atoms with van der Waals surface area (Å²) in [6, 6.07) is 0. The summed E-state index contributed by atoms with van der Waals surface area (Å²) in [6.07, 6.45) is 56.2. The molecule has 440 valence electrons. The van der Waals surface area contributed by atoms with Crippen molar-refractivity contribution in [2.45, 2.75) is 354 Å². The Morgan fingerprint density at radius 1 is 0.324 bits per heavy atom. The molecule has 2 N–H and O–H groups in total. The van der Waals surface area contributed by atoms with Gasteiger partial charge in [0.25, 0.3) is 0 Å². The minimum atomic E-state index is -4.74. The Bertz CT molecular complexity index is 1250. The van der Waals surface area contributed by atoms with Crippen LogP contribution in [0.2, 0.25) is 0 Å². The Morgan fingerprint density at radius 2 is 0.541 bits per heavy atom. The maximum atomic E-state index is 12.9. The second-order valence-corrected chi connectivity index (χ2v) is 23.4. The molecule has 0 amide bonds. The van der Waals surface area contributed by atoms with Crippen LogP contribution in [0.25, 0.3) is 0 Å². The van der Waals surface area contributed by atoms with E-state index in [1.54, 1.807) is 0 Å². The van der Waals surface area contributed by atoms with Crippen LogP contribution in [0.1, 0.15) is 342 Å². The number of unbranched alkanes of at least 4 members (excludes halogenated alkanes) is 44. The number of aliphatic hydroxyl groups is 1. The Kier molecular flexibility index (Phi) is 56.5. The van der Waals surface area contributed by atoms with Crippen molar-refractivity contribution in [2.75, 3.05) is 26.4 Å². The van der Waals surface area contributed by atoms with E-state index in [1.165, 1.54) is 225 Å². The van der Waals surface area contributed by atoms with Crippen LogP contribution in [-0.2, 0) is 42.2 Å². The Morgan fingerprint density at radius 3 is 0.797 bits per heavy atom. The number of carbonyl (C=O) groups is 3. The molecule has 0 bridgehead atoms. The van der Waals surface area contributed by atoms with Gasteiger partial charge in [0.1, 0.15) is 12.7 Å². The topological polar surface area (TPSA) is 155 Å². The van der Waals surface area contributed by atoms with Gasteiger partial charge in [0, 0.05) is 19.3 Å². The molecule has 0 saturated heterocycles. The van der Waals surface area contributed by atoms with E-state index in [9.17, 15) is 28.9 Å². The van der Waals surface area contributed by atoms with Crippen molar-refractivity contribution in [2.24, 2.45) is 0 Å². The highest BCUT2D eigenvalue weighted by atomic mass is 31.2. The molecule has 11 nitrogen and oxygen atoms in total. The van der Waals surface area contributed by atoms with Crippen LogP contribution >= 0.6 is 7.82 Å². The SMILES string of the molecule is CCCCCCCCCCCCCCCCCCCCCC(=O)OC(COC(=O)CCCCCCCCCCCCCCCCC)COP(=O)(O)OCC(CO)OC(=O)CCCCCCCCCCCCCCC. The van der Waals surface area contributed by atoms with E-state index in [0.29, 0.717) is 19.3 Å². The fourth-order valence-corrected chi connectivity index (χ4v) is 10.4. The van der Waals surface area contributed by atoms with Crippen molar-refractivity contribution in [3.63, 3.8) is 0 Å². The standard InChI is InChI=1S/C62H121O11P/c1-4-7-10-13-16-19-22-25-27-28-29-30-32-35-38-41-44-47-50-53-62(66)73-59(55-69-60(64)51-48-45-42-39-36-34-31-26-23-20-17-14-11-8-5-2)57-71-74(67,68)70-56-58(54-63)72-61(65)52-49-46-43-40-37-33-24-21-18-15-12-9-6-3/h58-59,63H,4-57H2,1-3H3,(H,67,68). The van der Waals surface area contributed by atoms with Gasteiger partial charge >= 0.3 is 25.7 Å². The van der Waals surface area contributed by atoms with Crippen LogP contribution < -0.4 is 0 Å². The summed E-state index contributed by atoms with van der Waals surface area (Å²) >= 11 is 0. The number of aliphatic hydroxyl groups excluding tert-OH is 1. The maximum Gasteiger partial charge on any atom is 0.472 e. The minimum absolute atomic E-state index is 0.179. The van der Waals surface area contributed by atoms with Gasteiger partial charge in [0.2, 0.25) is 0 Å². The fourth-order valence-electron chi connectivity index (χ4n) is 9.66. The summed E-state index contributed by atoms with van der Waals surface area (Å²) in [7, 11) is -4.74. The number of phosphoric ester groups is 1. The van der Waals surface area contributed by atoms with Gasteiger partial charge in [-0.15, -0.1) is 0 Å². The highest BCUT2D eigenvalue weighted by Crippen LogP contribution is 2.43. The number of esters is 3. The van der Waals surface area contributed by atoms with Gasteiger partial charge in [-0.25, -0.2) is 4.57 Å². The highest BCUT2D eigenvalue weighted by molar-refractivity contribution is 7.47. The average Bonchev–Trinajstić information content (AvgIpc) is 3.39. The first kappa shape index (κ1) is 72.5. The summed E-state index contributed by atoms with van der Waals surface area (Å²) < 4.78 is 39.7. The van der Waals surface area contributed by atoms with E-state index >= 15 is 0 Å². The molecule has 0 aliphatic rings. The number of carbonyl (C=O) groups excluding carboxylic acids is 3. The first-order valence-electron chi connectivity index (χ1n) is 31.9. The van der Waals surface area contributed by atoms with E-state index in [1.807, 2.05) is 0 Å². The molecule has 0 radical (unpaired) electrons. The van der Waals surface area contributed by atoms with Crippen LogP contribution in [0.15, 0.2) is 0 Å². The van der Waals surface area contributed by atoms with Gasteiger partial charge in [0.05, 0.1) is 19.8 Å². The molecule has 0 rings (SSSR count). The number of rotatable bonds is 61. The zero-order chi connectivity index (χ0) is 54.1. The van der Waals surface area contributed by atoms with Gasteiger partial charge in [-0.05, 0) is 19.3 Å². The molecule has 0 aromatic heterocycles. The Hall–Kier alpha value is -1.52. The molecule has 0 heterocycles. The summed E-state index contributed by atoms with van der Waals surface area (Å²) in [4.78, 5) is 48.7. The van der Waals surface area contributed by atoms with Crippen LogP contribution in [0.3, 0.4) is 0 Å². The monoisotopic (exact) mass is 1070 g/mol. The second kappa shape index (κ2) is 57.6. The molecule has 3 atom stereocenters. The zero-order valence-electron chi connectivity index (χ0n) is 48.9. The van der Waals surface area contributed by atoms with Crippen LogP contribution in [-0.4, -0.2) is 66.5 Å². The summed E-state index contributed by atoms with van der Waals surface area (Å²) in [5, 5.41) is 9.83. The molecule has 0 fully saturated rings. The zero-order valence-corrected chi connectivity index (χ0v) is 49.7. The van der Waals surface area contributed by atoms with Gasteiger partial charge in [0.15, 0.2) is 6.10 Å². The third-order valence-electron chi connectivity index (χ3n) is 14.5. The second-order valence-electron chi connectivity index (χ2n) is 22.0. The summed E-state index contributed by atoms with van der Waals surface area (Å²) in [5.74, 6) is -1.42. The molecule has 12 heteroatoms. The molecule has 3 unspecified atom stereocenters. The normalized spacial score (nSPS) is 13.2. The molecule has 0 aliphatic carbocycles. The molecule has 0 aliphatic heterocycles. The van der Waals surface area contributed by atoms with E-state index in [-0.39, 0.29) is 25.9 Å². The number of hydrogen-bond donors (Lipinski definition) is 2. The van der Waals surface area contributed by atoms with E-state index in [2.05, 4.69) is 20.8 Å². The van der Waals surface area contributed by atoms with Gasteiger partial charge in [-0.1, -0.05) is 303 Å². The highest BCUT2D eigenvalue weighted by Gasteiger charge is 2.28. The van der Waals surface area contributed by atoms with Gasteiger partial charge < -0.3 is 24.2 Å². The maximum absolute atomic E-state index is 12.9. The molecule has 74 heavy (non-hydrogen) atoms.